The van der Waals surface area contributed by atoms with Crippen molar-refractivity contribution in [2.45, 2.75) is 10.8 Å². The summed E-state index contributed by atoms with van der Waals surface area (Å²) in [6.45, 7) is 0. The van der Waals surface area contributed by atoms with Crippen LogP contribution in [-0.2, 0) is 10.8 Å². The van der Waals surface area contributed by atoms with Crippen molar-refractivity contribution in [2.24, 2.45) is 0 Å². The summed E-state index contributed by atoms with van der Waals surface area (Å²) in [4.78, 5) is 2.53. The molecule has 3 aliphatic carbocycles. The molecule has 0 fully saturated rings. The first-order valence-electron chi connectivity index (χ1n) is 23.4. The van der Waals surface area contributed by atoms with Crippen LogP contribution in [0.1, 0.15) is 44.5 Å². The van der Waals surface area contributed by atoms with Crippen LogP contribution in [0.5, 0.6) is 0 Å². The van der Waals surface area contributed by atoms with Gasteiger partial charge >= 0.3 is 0 Å². The molecular weight excluding hydrogens is 807 g/mol. The maximum Gasteiger partial charge on any atom is 0.0726 e. The van der Waals surface area contributed by atoms with Crippen LogP contribution in [0.25, 0.3) is 55.3 Å². The van der Waals surface area contributed by atoms with Crippen molar-refractivity contribution in [3.8, 4) is 44.5 Å². The highest BCUT2D eigenvalue weighted by Crippen LogP contribution is 2.65. The fourth-order valence-electron chi connectivity index (χ4n) is 12.5. The van der Waals surface area contributed by atoms with Gasteiger partial charge in [-0.1, -0.05) is 224 Å². The molecule has 0 aliphatic heterocycles. The summed E-state index contributed by atoms with van der Waals surface area (Å²) < 4.78 is 0. The van der Waals surface area contributed by atoms with Crippen LogP contribution in [-0.4, -0.2) is 0 Å². The van der Waals surface area contributed by atoms with Gasteiger partial charge in [0.25, 0.3) is 0 Å². The Morgan fingerprint density at radius 3 is 1.36 bits per heavy atom. The lowest BCUT2D eigenvalue weighted by molar-refractivity contribution is 0.768. The first-order valence-corrected chi connectivity index (χ1v) is 23.4. The van der Waals surface area contributed by atoms with Gasteiger partial charge in [0.2, 0.25) is 0 Å². The molecule has 11 aromatic carbocycles. The molecule has 0 unspecified atom stereocenters. The number of hydrogen-bond acceptors (Lipinski definition) is 1. The molecule has 0 N–H and O–H groups in total. The van der Waals surface area contributed by atoms with Crippen molar-refractivity contribution in [3.63, 3.8) is 0 Å². The second-order valence-electron chi connectivity index (χ2n) is 18.3. The molecular formula is C66H43N. The fourth-order valence-corrected chi connectivity index (χ4v) is 12.5. The molecule has 312 valence electrons. The minimum Gasteiger partial charge on any atom is -0.310 e. The second kappa shape index (κ2) is 14.5. The van der Waals surface area contributed by atoms with E-state index in [4.69, 9.17) is 0 Å². The largest absolute Gasteiger partial charge is 0.310 e. The van der Waals surface area contributed by atoms with E-state index in [0.717, 1.165) is 17.1 Å². The van der Waals surface area contributed by atoms with Gasteiger partial charge in [-0.05, 0) is 131 Å². The lowest BCUT2D eigenvalue weighted by atomic mass is 9.68. The first-order chi connectivity index (χ1) is 33.2. The topological polar surface area (TPSA) is 3.24 Å². The second-order valence-corrected chi connectivity index (χ2v) is 18.3. The molecule has 11 aromatic rings. The molecule has 0 heterocycles. The smallest absolute Gasteiger partial charge is 0.0726 e. The summed E-state index contributed by atoms with van der Waals surface area (Å²) in [5.41, 5.74) is 23.0. The lowest BCUT2D eigenvalue weighted by Gasteiger charge is -2.34. The molecule has 1 heteroatoms. The van der Waals surface area contributed by atoms with Crippen molar-refractivity contribution >= 4 is 27.8 Å². The van der Waals surface area contributed by atoms with Crippen molar-refractivity contribution in [3.05, 3.63) is 305 Å². The average molecular weight is 850 g/mol. The van der Waals surface area contributed by atoms with E-state index in [0.29, 0.717) is 0 Å². The van der Waals surface area contributed by atoms with E-state index in [2.05, 4.69) is 266 Å². The van der Waals surface area contributed by atoms with Crippen LogP contribution >= 0.6 is 0 Å². The van der Waals surface area contributed by atoms with Crippen molar-refractivity contribution in [1.82, 2.24) is 0 Å². The molecule has 14 rings (SSSR count). The zero-order valence-corrected chi connectivity index (χ0v) is 36.8. The Morgan fingerprint density at radius 2 is 0.716 bits per heavy atom. The van der Waals surface area contributed by atoms with Gasteiger partial charge in [-0.15, -0.1) is 0 Å². The fraction of sp³-hybridized carbons (Fsp3) is 0.0303. The summed E-state index contributed by atoms with van der Waals surface area (Å²) in [7, 11) is 0. The molecule has 0 radical (unpaired) electrons. The minimum absolute atomic E-state index is 0.456. The van der Waals surface area contributed by atoms with Crippen LogP contribution in [0.2, 0.25) is 0 Å². The average Bonchev–Trinajstić information content (AvgIpc) is 4.00. The number of rotatable bonds is 6. The molecule has 1 spiro atoms. The van der Waals surface area contributed by atoms with Gasteiger partial charge in [0, 0.05) is 16.9 Å². The van der Waals surface area contributed by atoms with Crippen molar-refractivity contribution in [1.29, 1.82) is 0 Å². The summed E-state index contributed by atoms with van der Waals surface area (Å²) in [6, 6.07) is 97.5. The van der Waals surface area contributed by atoms with Crippen LogP contribution in [0.4, 0.5) is 17.1 Å². The van der Waals surface area contributed by atoms with Gasteiger partial charge < -0.3 is 4.90 Å². The minimum atomic E-state index is -0.484. The number of hydrogen-bond donors (Lipinski definition) is 0. The van der Waals surface area contributed by atoms with E-state index in [1.54, 1.807) is 0 Å². The zero-order valence-electron chi connectivity index (χ0n) is 36.8. The van der Waals surface area contributed by atoms with Gasteiger partial charge in [-0.2, -0.15) is 0 Å². The molecule has 1 nitrogen and oxygen atoms in total. The van der Waals surface area contributed by atoms with E-state index < -0.39 is 10.8 Å². The summed E-state index contributed by atoms with van der Waals surface area (Å²) in [5.74, 6) is 0. The van der Waals surface area contributed by atoms with Crippen LogP contribution < -0.4 is 4.90 Å². The van der Waals surface area contributed by atoms with Crippen LogP contribution in [0.3, 0.4) is 0 Å². The van der Waals surface area contributed by atoms with E-state index >= 15 is 0 Å². The molecule has 3 aliphatic rings. The normalized spacial score (nSPS) is 13.9. The van der Waals surface area contributed by atoms with E-state index in [9.17, 15) is 0 Å². The Bertz CT molecular complexity index is 3670. The predicted octanol–water partition coefficient (Wildman–Crippen LogP) is 16.7. The van der Waals surface area contributed by atoms with Crippen LogP contribution in [0.15, 0.2) is 261 Å². The number of fused-ring (bicyclic) bond motifs is 14. The van der Waals surface area contributed by atoms with E-state index in [1.807, 2.05) is 0 Å². The number of nitrogens with zero attached hydrogens (tertiary/aromatic N) is 1. The van der Waals surface area contributed by atoms with Gasteiger partial charge in [0.15, 0.2) is 0 Å². The molecule has 0 atom stereocenters. The Morgan fingerprint density at radius 1 is 0.254 bits per heavy atom. The van der Waals surface area contributed by atoms with E-state index in [-0.39, 0.29) is 0 Å². The molecule has 0 bridgehead atoms. The van der Waals surface area contributed by atoms with E-state index in [1.165, 1.54) is 99.8 Å². The third-order valence-electron chi connectivity index (χ3n) is 15.1. The van der Waals surface area contributed by atoms with Gasteiger partial charge in [0.05, 0.1) is 16.5 Å². The summed E-state index contributed by atoms with van der Waals surface area (Å²) in [5, 5.41) is 2.49. The Balaban J connectivity index is 1.03. The third kappa shape index (κ3) is 5.20. The Kier molecular flexibility index (Phi) is 8.18. The lowest BCUT2D eigenvalue weighted by Crippen LogP contribution is -2.28. The van der Waals surface area contributed by atoms with Crippen molar-refractivity contribution < 1.29 is 0 Å². The monoisotopic (exact) mass is 849 g/mol. The number of benzene rings is 11. The zero-order chi connectivity index (χ0) is 44.1. The first kappa shape index (κ1) is 37.8. The molecule has 0 saturated carbocycles. The standard InChI is InChI=1S/C66H43N/c1-3-20-48(21-4-1)65(49-22-5-2-6-23-49)57-28-13-11-26-54(57)56-43-51(40-41-61(56)65)67(50-38-36-45(37-39-50)47-35-34-44-18-7-8-19-46(44)42-47)63-33-17-32-62-64(63)55-27-12-16-31-60(55)66(62)58-29-14-9-24-52(58)53-25-10-15-30-59(53)66/h1-43H. The van der Waals surface area contributed by atoms with Crippen LogP contribution in [0, 0.1) is 0 Å². The van der Waals surface area contributed by atoms with Gasteiger partial charge in [-0.3, -0.25) is 0 Å². The quantitative estimate of drug-likeness (QED) is 0.161. The Hall–Kier alpha value is -8.52. The highest BCUT2D eigenvalue weighted by molar-refractivity contribution is 6.02. The molecule has 67 heavy (non-hydrogen) atoms. The maximum atomic E-state index is 2.53. The molecule has 0 saturated heterocycles. The highest BCUT2D eigenvalue weighted by Gasteiger charge is 2.52. The molecule has 0 amide bonds. The SMILES string of the molecule is c1ccc(C2(c3ccccc3)c3ccccc3-c3cc(N(c4ccc(-c5ccc6ccccc6c5)cc4)c4cccc5c4-c4ccccc4C54c5ccccc5-c5ccccc54)ccc32)cc1. The third-order valence-corrected chi connectivity index (χ3v) is 15.1. The molecule has 0 aromatic heterocycles. The predicted molar refractivity (Wildman–Crippen MR) is 278 cm³/mol. The summed E-state index contributed by atoms with van der Waals surface area (Å²) >= 11 is 0. The maximum absolute atomic E-state index is 2.53. The highest BCUT2D eigenvalue weighted by atomic mass is 15.1. The van der Waals surface area contributed by atoms with Gasteiger partial charge in [0.1, 0.15) is 0 Å². The Labute approximate surface area is 391 Å². The summed E-state index contributed by atoms with van der Waals surface area (Å²) in [6.07, 6.45) is 0. The van der Waals surface area contributed by atoms with Gasteiger partial charge in [-0.25, -0.2) is 0 Å². The van der Waals surface area contributed by atoms with Crippen molar-refractivity contribution in [2.75, 3.05) is 4.90 Å². The number of anilines is 3.